The van der Waals surface area contributed by atoms with E-state index in [1.54, 1.807) is 0 Å². The first-order valence-electron chi connectivity index (χ1n) is 7.74. The Hall–Kier alpha value is -1.55. The normalized spacial score (nSPS) is 17.0. The molecule has 0 radical (unpaired) electrons. The molecule has 1 fully saturated rings. The Morgan fingerprint density at radius 3 is 2.48 bits per heavy atom. The Balaban J connectivity index is 1.80. The van der Waals surface area contributed by atoms with Crippen LogP contribution in [0.4, 0.5) is 5.69 Å². The Bertz CT molecular complexity index is 485. The molecule has 0 bridgehead atoms. The van der Waals surface area contributed by atoms with Crippen LogP contribution < -0.4 is 11.1 Å². The fourth-order valence-electron chi connectivity index (χ4n) is 2.71. The molecule has 0 atom stereocenters. The summed E-state index contributed by atoms with van der Waals surface area (Å²) in [5.41, 5.74) is 7.66. The zero-order chi connectivity index (χ0) is 15.5. The van der Waals surface area contributed by atoms with Crippen LogP contribution in [0.25, 0.3) is 0 Å². The molecule has 3 N–H and O–H groups in total. The molecule has 1 aromatic carbocycles. The van der Waals surface area contributed by atoms with Crippen molar-refractivity contribution in [2.75, 3.05) is 18.8 Å². The maximum absolute atomic E-state index is 12.2. The molecular weight excluding hydrogens is 262 g/mol. The van der Waals surface area contributed by atoms with E-state index in [0.717, 1.165) is 43.7 Å². The van der Waals surface area contributed by atoms with Crippen molar-refractivity contribution in [1.82, 2.24) is 10.2 Å². The number of hydrogen-bond acceptors (Lipinski definition) is 3. The summed E-state index contributed by atoms with van der Waals surface area (Å²) in [5.74, 6) is 0.258. The lowest BCUT2D eigenvalue weighted by Crippen LogP contribution is -2.48. The lowest BCUT2D eigenvalue weighted by Gasteiger charge is -2.36. The van der Waals surface area contributed by atoms with Crippen molar-refractivity contribution in [3.05, 3.63) is 29.8 Å². The molecule has 1 saturated heterocycles. The van der Waals surface area contributed by atoms with Crippen LogP contribution in [0.2, 0.25) is 0 Å². The number of amides is 1. The van der Waals surface area contributed by atoms with Gasteiger partial charge in [-0.15, -0.1) is 0 Å². The van der Waals surface area contributed by atoms with Gasteiger partial charge in [-0.25, -0.2) is 0 Å². The molecule has 4 heteroatoms. The van der Waals surface area contributed by atoms with Crippen LogP contribution in [0.15, 0.2) is 24.3 Å². The molecule has 116 valence electrons. The van der Waals surface area contributed by atoms with Crippen molar-refractivity contribution in [1.29, 1.82) is 0 Å². The average molecular weight is 289 g/mol. The number of carbonyl (C=O) groups excluding carboxylic acids is 1. The number of nitrogen functional groups attached to an aromatic ring is 1. The van der Waals surface area contributed by atoms with E-state index in [1.165, 1.54) is 0 Å². The average Bonchev–Trinajstić information content (AvgIpc) is 2.45. The number of para-hydroxylation sites is 1. The van der Waals surface area contributed by atoms with Gasteiger partial charge in [0.25, 0.3) is 0 Å². The highest BCUT2D eigenvalue weighted by Crippen LogP contribution is 2.21. The number of rotatable bonds is 3. The Kier molecular flexibility index (Phi) is 4.88. The molecule has 1 aliphatic rings. The van der Waals surface area contributed by atoms with E-state index in [0.29, 0.717) is 6.04 Å². The molecule has 4 nitrogen and oxygen atoms in total. The third-order valence-electron chi connectivity index (χ3n) is 4.06. The molecule has 2 rings (SSSR count). The molecule has 0 spiro atoms. The van der Waals surface area contributed by atoms with E-state index in [-0.39, 0.29) is 11.3 Å². The molecule has 1 heterocycles. The largest absolute Gasteiger partial charge is 0.398 e. The van der Waals surface area contributed by atoms with Crippen LogP contribution in [0.1, 0.15) is 39.2 Å². The summed E-state index contributed by atoms with van der Waals surface area (Å²) in [4.78, 5) is 14.2. The summed E-state index contributed by atoms with van der Waals surface area (Å²) >= 11 is 0. The van der Waals surface area contributed by atoms with E-state index < -0.39 is 0 Å². The fourth-order valence-corrected chi connectivity index (χ4v) is 2.71. The maximum atomic E-state index is 12.2. The zero-order valence-electron chi connectivity index (χ0n) is 13.4. The minimum Gasteiger partial charge on any atom is -0.398 e. The van der Waals surface area contributed by atoms with Gasteiger partial charge in [-0.2, -0.15) is 0 Å². The lowest BCUT2D eigenvalue weighted by molar-refractivity contribution is -0.140. The molecule has 0 aromatic heterocycles. The summed E-state index contributed by atoms with van der Waals surface area (Å²) in [6.45, 7) is 8.44. The number of benzene rings is 1. The summed E-state index contributed by atoms with van der Waals surface area (Å²) in [5, 5.41) is 3.56. The molecular formula is C17H27N3O. The predicted octanol–water partition coefficient (Wildman–Crippen LogP) is 2.40. The monoisotopic (exact) mass is 289 g/mol. The number of nitrogens with one attached hydrogen (secondary N) is 1. The standard InChI is InChI=1S/C17H27N3O/c1-17(2,3)16(21)20-10-8-14(9-11-20)19-12-13-6-4-5-7-15(13)18/h4-7,14,19H,8-12,18H2,1-3H3. The SMILES string of the molecule is CC(C)(C)C(=O)N1CCC(NCc2ccccc2N)CC1. The predicted molar refractivity (Wildman–Crippen MR) is 86.8 cm³/mol. The second-order valence-corrected chi connectivity index (χ2v) is 6.90. The summed E-state index contributed by atoms with van der Waals surface area (Å²) in [6.07, 6.45) is 2.02. The summed E-state index contributed by atoms with van der Waals surface area (Å²) < 4.78 is 0. The number of hydrogen-bond donors (Lipinski definition) is 2. The van der Waals surface area contributed by atoms with Crippen LogP contribution in [-0.4, -0.2) is 29.9 Å². The van der Waals surface area contributed by atoms with Gasteiger partial charge in [-0.3, -0.25) is 4.79 Å². The molecule has 21 heavy (non-hydrogen) atoms. The Labute approximate surface area is 127 Å². The van der Waals surface area contributed by atoms with E-state index >= 15 is 0 Å². The lowest BCUT2D eigenvalue weighted by atomic mass is 9.93. The highest BCUT2D eigenvalue weighted by Gasteiger charge is 2.30. The number of anilines is 1. The number of likely N-dealkylation sites (tertiary alicyclic amines) is 1. The Morgan fingerprint density at radius 1 is 1.29 bits per heavy atom. The van der Waals surface area contributed by atoms with Gasteiger partial charge < -0.3 is 16.0 Å². The summed E-state index contributed by atoms with van der Waals surface area (Å²) in [6, 6.07) is 8.42. The van der Waals surface area contributed by atoms with Crippen molar-refractivity contribution < 1.29 is 4.79 Å². The smallest absolute Gasteiger partial charge is 0.227 e. The minimum atomic E-state index is -0.279. The van der Waals surface area contributed by atoms with Crippen molar-refractivity contribution in [2.24, 2.45) is 5.41 Å². The molecule has 0 saturated carbocycles. The van der Waals surface area contributed by atoms with Crippen molar-refractivity contribution in [3.8, 4) is 0 Å². The van der Waals surface area contributed by atoms with E-state index in [1.807, 2.05) is 43.9 Å². The van der Waals surface area contributed by atoms with E-state index in [2.05, 4.69) is 11.4 Å². The fraction of sp³-hybridized carbons (Fsp3) is 0.588. The molecule has 0 unspecified atom stereocenters. The Morgan fingerprint density at radius 2 is 1.90 bits per heavy atom. The van der Waals surface area contributed by atoms with E-state index in [4.69, 9.17) is 5.73 Å². The van der Waals surface area contributed by atoms with Gasteiger partial charge in [-0.1, -0.05) is 39.0 Å². The van der Waals surface area contributed by atoms with Gasteiger partial charge in [0.15, 0.2) is 0 Å². The van der Waals surface area contributed by atoms with Gasteiger partial charge in [-0.05, 0) is 24.5 Å². The quantitative estimate of drug-likeness (QED) is 0.840. The van der Waals surface area contributed by atoms with Crippen LogP contribution in [-0.2, 0) is 11.3 Å². The molecule has 1 aliphatic heterocycles. The highest BCUT2D eigenvalue weighted by molar-refractivity contribution is 5.81. The van der Waals surface area contributed by atoms with Gasteiger partial charge in [0, 0.05) is 36.8 Å². The minimum absolute atomic E-state index is 0.258. The third-order valence-corrected chi connectivity index (χ3v) is 4.06. The number of nitrogens with zero attached hydrogens (tertiary/aromatic N) is 1. The van der Waals surface area contributed by atoms with Gasteiger partial charge in [0.05, 0.1) is 0 Å². The van der Waals surface area contributed by atoms with Crippen molar-refractivity contribution in [2.45, 2.75) is 46.2 Å². The van der Waals surface area contributed by atoms with Gasteiger partial charge in [0.2, 0.25) is 5.91 Å². The molecule has 1 amide bonds. The molecule has 0 aliphatic carbocycles. The van der Waals surface area contributed by atoms with Crippen LogP contribution >= 0.6 is 0 Å². The second-order valence-electron chi connectivity index (χ2n) is 6.90. The highest BCUT2D eigenvalue weighted by atomic mass is 16.2. The van der Waals surface area contributed by atoms with Gasteiger partial charge >= 0.3 is 0 Å². The topological polar surface area (TPSA) is 58.4 Å². The van der Waals surface area contributed by atoms with Crippen LogP contribution in [0.5, 0.6) is 0 Å². The zero-order valence-corrected chi connectivity index (χ0v) is 13.4. The van der Waals surface area contributed by atoms with Crippen LogP contribution in [0.3, 0.4) is 0 Å². The number of nitrogens with two attached hydrogens (primary N) is 1. The van der Waals surface area contributed by atoms with Gasteiger partial charge in [0.1, 0.15) is 0 Å². The third kappa shape index (κ3) is 4.21. The first-order valence-corrected chi connectivity index (χ1v) is 7.74. The number of piperidine rings is 1. The van der Waals surface area contributed by atoms with Crippen molar-refractivity contribution >= 4 is 11.6 Å². The first-order chi connectivity index (χ1) is 9.88. The number of carbonyl (C=O) groups is 1. The summed E-state index contributed by atoms with van der Waals surface area (Å²) in [7, 11) is 0. The van der Waals surface area contributed by atoms with E-state index in [9.17, 15) is 4.79 Å². The maximum Gasteiger partial charge on any atom is 0.227 e. The molecule has 1 aromatic rings. The van der Waals surface area contributed by atoms with Crippen LogP contribution in [0, 0.1) is 5.41 Å². The van der Waals surface area contributed by atoms with Crippen molar-refractivity contribution in [3.63, 3.8) is 0 Å². The second kappa shape index (κ2) is 6.48. The first kappa shape index (κ1) is 15.8.